The predicted molar refractivity (Wildman–Crippen MR) is 117 cm³/mol. The van der Waals surface area contributed by atoms with Crippen molar-refractivity contribution in [1.82, 2.24) is 10.4 Å². The molecule has 35 heavy (non-hydrogen) atoms. The summed E-state index contributed by atoms with van der Waals surface area (Å²) in [5.41, 5.74) is -2.48. The Kier molecular flexibility index (Phi) is 6.50. The average Bonchev–Trinajstić information content (AvgIpc) is 3.38. The number of hydroxylamine groups is 2. The van der Waals surface area contributed by atoms with Crippen molar-refractivity contribution in [2.24, 2.45) is 5.16 Å². The second kappa shape index (κ2) is 9.12. The highest BCUT2D eigenvalue weighted by Gasteiger charge is 2.62. The highest BCUT2D eigenvalue weighted by Crippen LogP contribution is 2.49. The fourth-order valence-corrected chi connectivity index (χ4v) is 4.23. The van der Waals surface area contributed by atoms with Gasteiger partial charge in [-0.2, -0.15) is 13.2 Å². The number of nitrogens with one attached hydrogen (secondary N) is 1. The molecule has 0 aliphatic carbocycles. The van der Waals surface area contributed by atoms with Gasteiger partial charge in [-0.25, -0.2) is 9.45 Å². The number of carbonyl (C=O) groups is 2. The van der Waals surface area contributed by atoms with Crippen molar-refractivity contribution in [2.45, 2.75) is 38.1 Å². The minimum absolute atomic E-state index is 0.00725. The van der Waals surface area contributed by atoms with Crippen LogP contribution in [0.4, 0.5) is 17.6 Å². The molecular weight excluding hydrogens is 494 g/mol. The average molecular weight is 514 g/mol. The van der Waals surface area contributed by atoms with Gasteiger partial charge in [-0.1, -0.05) is 22.8 Å². The Morgan fingerprint density at radius 1 is 1.29 bits per heavy atom. The molecule has 4 rings (SSSR count). The second-order valence-corrected chi connectivity index (χ2v) is 8.61. The molecule has 0 radical (unpaired) electrons. The van der Waals surface area contributed by atoms with Gasteiger partial charge in [0.2, 0.25) is 0 Å². The Labute approximate surface area is 202 Å². The molecule has 2 aromatic carbocycles. The molecule has 1 fully saturated rings. The van der Waals surface area contributed by atoms with E-state index in [1.807, 2.05) is 0 Å². The molecule has 2 amide bonds. The van der Waals surface area contributed by atoms with Gasteiger partial charge >= 0.3 is 6.18 Å². The maximum absolute atomic E-state index is 14.1. The van der Waals surface area contributed by atoms with Crippen molar-refractivity contribution < 1.29 is 36.8 Å². The van der Waals surface area contributed by atoms with E-state index >= 15 is 0 Å². The first-order valence-electron chi connectivity index (χ1n) is 10.6. The SMILES string of the molecule is CCN1OC[C@@H](NC(=O)c2ccc(C3=NOC(c4cc(F)cc(Cl)c4)(C(F)(F)F)C3)cc2C)C1=O. The lowest BCUT2D eigenvalue weighted by Gasteiger charge is -2.29. The lowest BCUT2D eigenvalue weighted by atomic mass is 9.86. The van der Waals surface area contributed by atoms with E-state index in [0.29, 0.717) is 23.7 Å². The number of nitrogens with zero attached hydrogens (tertiary/aromatic N) is 2. The Hall–Kier alpha value is -3.18. The molecule has 0 spiro atoms. The molecule has 2 aliphatic heterocycles. The van der Waals surface area contributed by atoms with Crippen molar-refractivity contribution in [3.05, 3.63) is 69.5 Å². The second-order valence-electron chi connectivity index (χ2n) is 8.17. The molecule has 2 heterocycles. The summed E-state index contributed by atoms with van der Waals surface area (Å²) in [5, 5.41) is 7.19. The molecule has 0 aromatic heterocycles. The van der Waals surface area contributed by atoms with Gasteiger partial charge in [0.25, 0.3) is 17.4 Å². The fourth-order valence-electron chi connectivity index (χ4n) is 4.00. The molecule has 1 unspecified atom stereocenters. The lowest BCUT2D eigenvalue weighted by molar-refractivity contribution is -0.275. The van der Waals surface area contributed by atoms with Crippen molar-refractivity contribution >= 4 is 29.1 Å². The van der Waals surface area contributed by atoms with Gasteiger partial charge in [-0.15, -0.1) is 0 Å². The zero-order valence-electron chi connectivity index (χ0n) is 18.6. The largest absolute Gasteiger partial charge is 0.435 e. The van der Waals surface area contributed by atoms with Crippen LogP contribution in [0.25, 0.3) is 0 Å². The molecule has 2 atom stereocenters. The molecule has 2 aliphatic rings. The fraction of sp³-hybridized carbons (Fsp3) is 0.348. The number of hydrogen-bond acceptors (Lipinski definition) is 5. The Balaban J connectivity index is 1.56. The summed E-state index contributed by atoms with van der Waals surface area (Å²) in [6, 6.07) is 6.11. The molecule has 1 N–H and O–H groups in total. The van der Waals surface area contributed by atoms with Crippen molar-refractivity contribution in [3.63, 3.8) is 0 Å². The highest BCUT2D eigenvalue weighted by atomic mass is 35.5. The summed E-state index contributed by atoms with van der Waals surface area (Å²) in [6.45, 7) is 3.68. The van der Waals surface area contributed by atoms with Crippen LogP contribution in [-0.2, 0) is 20.1 Å². The van der Waals surface area contributed by atoms with E-state index in [2.05, 4.69) is 10.5 Å². The van der Waals surface area contributed by atoms with Crippen LogP contribution >= 0.6 is 11.6 Å². The van der Waals surface area contributed by atoms with E-state index in [1.165, 1.54) is 18.2 Å². The van der Waals surface area contributed by atoms with Crippen LogP contribution in [0.1, 0.15) is 40.4 Å². The molecule has 7 nitrogen and oxygen atoms in total. The number of benzene rings is 2. The number of hydrogen-bond donors (Lipinski definition) is 1. The van der Waals surface area contributed by atoms with Gasteiger partial charge in [0.15, 0.2) is 0 Å². The summed E-state index contributed by atoms with van der Waals surface area (Å²) < 4.78 is 56.2. The number of amides is 2. The van der Waals surface area contributed by atoms with Crippen LogP contribution in [-0.4, -0.2) is 48.0 Å². The third-order valence-electron chi connectivity index (χ3n) is 5.85. The maximum atomic E-state index is 14.1. The number of carbonyl (C=O) groups excluding carboxylic acids is 2. The number of aryl methyl sites for hydroxylation is 1. The lowest BCUT2D eigenvalue weighted by Crippen LogP contribution is -2.43. The number of alkyl halides is 3. The van der Waals surface area contributed by atoms with Crippen molar-refractivity contribution in [1.29, 1.82) is 0 Å². The van der Waals surface area contributed by atoms with Gasteiger partial charge in [-0.05, 0) is 55.3 Å². The van der Waals surface area contributed by atoms with Gasteiger partial charge in [-0.3, -0.25) is 14.4 Å². The van der Waals surface area contributed by atoms with Crippen LogP contribution < -0.4 is 5.32 Å². The molecule has 2 aromatic rings. The first-order chi connectivity index (χ1) is 16.4. The van der Waals surface area contributed by atoms with E-state index in [4.69, 9.17) is 21.3 Å². The summed E-state index contributed by atoms with van der Waals surface area (Å²) in [5.74, 6) is -1.83. The van der Waals surface area contributed by atoms with E-state index in [1.54, 1.807) is 13.8 Å². The quantitative estimate of drug-likeness (QED) is 0.606. The van der Waals surface area contributed by atoms with Crippen LogP contribution in [0.3, 0.4) is 0 Å². The number of halogens is 5. The van der Waals surface area contributed by atoms with E-state index < -0.39 is 41.5 Å². The highest BCUT2D eigenvalue weighted by molar-refractivity contribution is 6.30. The van der Waals surface area contributed by atoms with Gasteiger partial charge in [0.05, 0.1) is 5.71 Å². The summed E-state index contributed by atoms with van der Waals surface area (Å²) in [6.07, 6.45) is -5.64. The number of oxime groups is 1. The topological polar surface area (TPSA) is 80.2 Å². The van der Waals surface area contributed by atoms with Crippen LogP contribution in [0.2, 0.25) is 5.02 Å². The van der Waals surface area contributed by atoms with Gasteiger partial charge in [0, 0.05) is 29.1 Å². The minimum atomic E-state index is -4.92. The van der Waals surface area contributed by atoms with Crippen molar-refractivity contribution in [2.75, 3.05) is 13.2 Å². The Morgan fingerprint density at radius 2 is 2.03 bits per heavy atom. The van der Waals surface area contributed by atoms with Crippen LogP contribution in [0.5, 0.6) is 0 Å². The number of rotatable bonds is 5. The molecule has 1 saturated heterocycles. The summed E-state index contributed by atoms with van der Waals surface area (Å²) >= 11 is 5.78. The molecule has 12 heteroatoms. The smallest absolute Gasteiger partial charge is 0.374 e. The Morgan fingerprint density at radius 3 is 2.63 bits per heavy atom. The zero-order valence-corrected chi connectivity index (χ0v) is 19.3. The van der Waals surface area contributed by atoms with Crippen LogP contribution in [0.15, 0.2) is 41.6 Å². The summed E-state index contributed by atoms with van der Waals surface area (Å²) in [7, 11) is 0. The molecule has 186 valence electrons. The predicted octanol–water partition coefficient (Wildman–Crippen LogP) is 4.26. The number of likely N-dealkylation sites (N-methyl/N-ethyl adjacent to an activating group) is 1. The molecule has 0 bridgehead atoms. The minimum Gasteiger partial charge on any atom is -0.374 e. The zero-order chi connectivity index (χ0) is 25.5. The van der Waals surface area contributed by atoms with E-state index in [0.717, 1.165) is 17.2 Å². The van der Waals surface area contributed by atoms with Crippen molar-refractivity contribution in [3.8, 4) is 0 Å². The normalized spacial score (nSPS) is 22.3. The first-order valence-corrected chi connectivity index (χ1v) is 11.0. The standard InChI is InChI=1S/C23H20ClF4N3O4/c1-3-31-21(33)19(11-34-31)29-20(32)17-5-4-13(6-12(17)2)18-10-22(35-30-18,23(26,27)28)14-7-15(24)9-16(25)8-14/h4-9,19H,3,10-11H2,1-2H3,(H,29,32)/t19-,22?/m1/s1. The van der Waals surface area contributed by atoms with E-state index in [9.17, 15) is 27.2 Å². The first kappa shape index (κ1) is 24.9. The third-order valence-corrected chi connectivity index (χ3v) is 6.07. The van der Waals surface area contributed by atoms with Crippen LogP contribution in [0, 0.1) is 12.7 Å². The van der Waals surface area contributed by atoms with E-state index in [-0.39, 0.29) is 28.8 Å². The molecular formula is C23H20ClF4N3O4. The van der Waals surface area contributed by atoms with Gasteiger partial charge in [0.1, 0.15) is 18.5 Å². The molecule has 0 saturated carbocycles. The maximum Gasteiger partial charge on any atom is 0.435 e. The third kappa shape index (κ3) is 4.57. The van der Waals surface area contributed by atoms with Gasteiger partial charge < -0.3 is 10.2 Å². The monoisotopic (exact) mass is 513 g/mol. The summed E-state index contributed by atoms with van der Waals surface area (Å²) in [4.78, 5) is 34.9. The Bertz CT molecular complexity index is 1200.